The first-order valence-electron chi connectivity index (χ1n) is 3.24. The minimum absolute atomic E-state index is 0.0787. The SMILES string of the molecule is C[C@H]1CCN[C@H]1C(N)=O. The topological polar surface area (TPSA) is 55.1 Å². The van der Waals surface area contributed by atoms with Gasteiger partial charge < -0.3 is 11.1 Å². The Balaban J connectivity index is 2.49. The molecule has 1 fully saturated rings. The predicted octanol–water partition coefficient (Wildman–Crippen LogP) is -0.530. The van der Waals surface area contributed by atoms with Crippen LogP contribution >= 0.6 is 0 Å². The summed E-state index contributed by atoms with van der Waals surface area (Å²) < 4.78 is 0. The molecule has 0 spiro atoms. The Labute approximate surface area is 54.6 Å². The summed E-state index contributed by atoms with van der Waals surface area (Å²) in [6.07, 6.45) is 1.06. The van der Waals surface area contributed by atoms with E-state index < -0.39 is 0 Å². The molecule has 0 unspecified atom stereocenters. The second-order valence-electron chi connectivity index (χ2n) is 2.60. The number of rotatable bonds is 1. The number of hydrogen-bond donors (Lipinski definition) is 2. The lowest BCUT2D eigenvalue weighted by Gasteiger charge is -2.09. The van der Waals surface area contributed by atoms with Gasteiger partial charge >= 0.3 is 0 Å². The summed E-state index contributed by atoms with van der Waals surface area (Å²) >= 11 is 0. The zero-order valence-electron chi connectivity index (χ0n) is 5.55. The summed E-state index contributed by atoms with van der Waals surface area (Å²) in [6, 6.07) is -0.0787. The lowest BCUT2D eigenvalue weighted by Crippen LogP contribution is -2.39. The second kappa shape index (κ2) is 2.35. The predicted molar refractivity (Wildman–Crippen MR) is 34.8 cm³/mol. The van der Waals surface area contributed by atoms with Gasteiger partial charge in [0.25, 0.3) is 0 Å². The molecule has 9 heavy (non-hydrogen) atoms. The van der Waals surface area contributed by atoms with E-state index in [-0.39, 0.29) is 11.9 Å². The highest BCUT2D eigenvalue weighted by molar-refractivity contribution is 5.80. The zero-order valence-corrected chi connectivity index (χ0v) is 5.55. The van der Waals surface area contributed by atoms with Crippen LogP contribution < -0.4 is 11.1 Å². The fourth-order valence-corrected chi connectivity index (χ4v) is 1.22. The molecule has 0 bridgehead atoms. The Hall–Kier alpha value is -0.570. The third-order valence-corrected chi connectivity index (χ3v) is 1.84. The number of nitrogens with two attached hydrogens (primary N) is 1. The number of carbonyl (C=O) groups is 1. The Bertz CT molecular complexity index is 124. The molecule has 3 heteroatoms. The third-order valence-electron chi connectivity index (χ3n) is 1.84. The van der Waals surface area contributed by atoms with Crippen molar-refractivity contribution in [2.45, 2.75) is 19.4 Å². The van der Waals surface area contributed by atoms with E-state index in [1.807, 2.05) is 6.92 Å². The van der Waals surface area contributed by atoms with Crippen molar-refractivity contribution in [3.8, 4) is 0 Å². The Morgan fingerprint density at radius 2 is 2.44 bits per heavy atom. The number of nitrogens with one attached hydrogen (secondary N) is 1. The van der Waals surface area contributed by atoms with Crippen molar-refractivity contribution in [2.75, 3.05) is 6.54 Å². The molecule has 0 aromatic carbocycles. The first-order chi connectivity index (χ1) is 4.22. The maximum atomic E-state index is 10.6. The Morgan fingerprint density at radius 3 is 2.67 bits per heavy atom. The van der Waals surface area contributed by atoms with Gasteiger partial charge in [-0.15, -0.1) is 0 Å². The van der Waals surface area contributed by atoms with Crippen LogP contribution in [0.5, 0.6) is 0 Å². The van der Waals surface area contributed by atoms with Gasteiger partial charge in [0.2, 0.25) is 5.91 Å². The number of primary amides is 1. The number of amides is 1. The monoisotopic (exact) mass is 128 g/mol. The molecule has 1 rings (SSSR count). The largest absolute Gasteiger partial charge is 0.368 e. The maximum Gasteiger partial charge on any atom is 0.234 e. The van der Waals surface area contributed by atoms with Gasteiger partial charge in [-0.25, -0.2) is 0 Å². The quantitative estimate of drug-likeness (QED) is 0.498. The van der Waals surface area contributed by atoms with E-state index in [0.29, 0.717) is 5.92 Å². The lowest BCUT2D eigenvalue weighted by molar-refractivity contribution is -0.120. The number of carbonyl (C=O) groups excluding carboxylic acids is 1. The van der Waals surface area contributed by atoms with Crippen molar-refractivity contribution in [1.82, 2.24) is 5.32 Å². The van der Waals surface area contributed by atoms with Crippen LogP contribution in [-0.2, 0) is 4.79 Å². The summed E-state index contributed by atoms with van der Waals surface area (Å²) in [5.74, 6) is 0.197. The highest BCUT2D eigenvalue weighted by Crippen LogP contribution is 2.12. The van der Waals surface area contributed by atoms with Crippen LogP contribution in [-0.4, -0.2) is 18.5 Å². The van der Waals surface area contributed by atoms with E-state index in [2.05, 4.69) is 5.32 Å². The molecule has 1 aliphatic rings. The van der Waals surface area contributed by atoms with Crippen LogP contribution in [0, 0.1) is 5.92 Å². The molecule has 0 saturated carbocycles. The van der Waals surface area contributed by atoms with Gasteiger partial charge in [0, 0.05) is 0 Å². The van der Waals surface area contributed by atoms with Crippen LogP contribution in [0.4, 0.5) is 0 Å². The highest BCUT2D eigenvalue weighted by atomic mass is 16.1. The van der Waals surface area contributed by atoms with Crippen molar-refractivity contribution in [3.63, 3.8) is 0 Å². The first-order valence-corrected chi connectivity index (χ1v) is 3.24. The fraction of sp³-hybridized carbons (Fsp3) is 0.833. The first kappa shape index (κ1) is 6.55. The van der Waals surface area contributed by atoms with E-state index in [9.17, 15) is 4.79 Å². The standard InChI is InChI=1S/C6H12N2O/c1-4-2-3-8-5(4)6(7)9/h4-5,8H,2-3H2,1H3,(H2,7,9)/t4-,5+/m0/s1. The zero-order chi connectivity index (χ0) is 6.85. The molecule has 0 aromatic heterocycles. The molecule has 1 amide bonds. The van der Waals surface area contributed by atoms with Gasteiger partial charge in [-0.05, 0) is 18.9 Å². The summed E-state index contributed by atoms with van der Waals surface area (Å²) in [4.78, 5) is 10.6. The van der Waals surface area contributed by atoms with Crippen LogP contribution in [0.2, 0.25) is 0 Å². The van der Waals surface area contributed by atoms with Gasteiger partial charge in [0.05, 0.1) is 6.04 Å². The van der Waals surface area contributed by atoms with Crippen molar-refractivity contribution in [2.24, 2.45) is 11.7 Å². The van der Waals surface area contributed by atoms with Gasteiger partial charge in [0.1, 0.15) is 0 Å². The van der Waals surface area contributed by atoms with E-state index in [4.69, 9.17) is 5.73 Å². The minimum atomic E-state index is -0.222. The molecular formula is C6H12N2O. The van der Waals surface area contributed by atoms with Crippen molar-refractivity contribution in [1.29, 1.82) is 0 Å². The summed E-state index contributed by atoms with van der Waals surface area (Å²) in [5, 5.41) is 3.03. The third kappa shape index (κ3) is 1.21. The lowest BCUT2D eigenvalue weighted by atomic mass is 10.0. The van der Waals surface area contributed by atoms with Gasteiger partial charge in [0.15, 0.2) is 0 Å². The molecular weight excluding hydrogens is 116 g/mol. The van der Waals surface area contributed by atoms with Crippen molar-refractivity contribution < 1.29 is 4.79 Å². The van der Waals surface area contributed by atoms with Crippen LogP contribution in [0.3, 0.4) is 0 Å². The van der Waals surface area contributed by atoms with Crippen molar-refractivity contribution >= 4 is 5.91 Å². The smallest absolute Gasteiger partial charge is 0.234 e. The average molecular weight is 128 g/mol. The summed E-state index contributed by atoms with van der Waals surface area (Å²) in [6.45, 7) is 2.96. The van der Waals surface area contributed by atoms with Crippen LogP contribution in [0.15, 0.2) is 0 Å². The molecule has 1 heterocycles. The van der Waals surface area contributed by atoms with Crippen LogP contribution in [0.25, 0.3) is 0 Å². The normalized spacial score (nSPS) is 34.8. The number of hydrogen-bond acceptors (Lipinski definition) is 2. The fourth-order valence-electron chi connectivity index (χ4n) is 1.22. The van der Waals surface area contributed by atoms with Gasteiger partial charge in [-0.1, -0.05) is 6.92 Å². The van der Waals surface area contributed by atoms with E-state index >= 15 is 0 Å². The highest BCUT2D eigenvalue weighted by Gasteiger charge is 2.26. The molecule has 0 aliphatic carbocycles. The van der Waals surface area contributed by atoms with Gasteiger partial charge in [-0.3, -0.25) is 4.79 Å². The Kier molecular flexibility index (Phi) is 1.71. The molecule has 3 nitrogen and oxygen atoms in total. The van der Waals surface area contributed by atoms with Gasteiger partial charge in [-0.2, -0.15) is 0 Å². The second-order valence-corrected chi connectivity index (χ2v) is 2.60. The van der Waals surface area contributed by atoms with Crippen LogP contribution in [0.1, 0.15) is 13.3 Å². The van der Waals surface area contributed by atoms with E-state index in [0.717, 1.165) is 13.0 Å². The summed E-state index contributed by atoms with van der Waals surface area (Å²) in [7, 11) is 0. The average Bonchev–Trinajstić information content (AvgIpc) is 2.13. The molecule has 1 aliphatic heterocycles. The summed E-state index contributed by atoms with van der Waals surface area (Å²) in [5.41, 5.74) is 5.09. The molecule has 1 saturated heterocycles. The molecule has 2 atom stereocenters. The molecule has 3 N–H and O–H groups in total. The van der Waals surface area contributed by atoms with Crippen molar-refractivity contribution in [3.05, 3.63) is 0 Å². The van der Waals surface area contributed by atoms with E-state index in [1.165, 1.54) is 0 Å². The maximum absolute atomic E-state index is 10.6. The minimum Gasteiger partial charge on any atom is -0.368 e. The van der Waals surface area contributed by atoms with E-state index in [1.54, 1.807) is 0 Å². The Morgan fingerprint density at radius 1 is 1.78 bits per heavy atom. The molecule has 0 radical (unpaired) electrons. The molecule has 0 aromatic rings. The molecule has 52 valence electrons.